The van der Waals surface area contributed by atoms with Crippen LogP contribution in [0.3, 0.4) is 0 Å². The first kappa shape index (κ1) is 24.9. The number of nitrogens with one attached hydrogen (secondary N) is 1. The van der Waals surface area contributed by atoms with Crippen LogP contribution >= 0.6 is 23.1 Å². The SMILES string of the molecule is CCOc1ccc(-c2csc(NC(=O)CSc3nnc(-c4ccco4)n3-c3cccc4ccccc34)n2)cc1. The molecule has 0 aliphatic rings. The maximum Gasteiger partial charge on any atom is 0.236 e. The van der Waals surface area contributed by atoms with Gasteiger partial charge in [-0.25, -0.2) is 4.98 Å². The Balaban J connectivity index is 1.21. The van der Waals surface area contributed by atoms with Gasteiger partial charge in [-0.2, -0.15) is 0 Å². The number of aromatic nitrogens is 4. The topological polar surface area (TPSA) is 95.1 Å². The molecule has 39 heavy (non-hydrogen) atoms. The molecule has 0 spiro atoms. The molecule has 8 nitrogen and oxygen atoms in total. The molecule has 0 saturated carbocycles. The number of thiazole rings is 1. The smallest absolute Gasteiger partial charge is 0.236 e. The summed E-state index contributed by atoms with van der Waals surface area (Å²) in [6.45, 7) is 2.57. The largest absolute Gasteiger partial charge is 0.494 e. The van der Waals surface area contributed by atoms with Gasteiger partial charge in [-0.1, -0.05) is 48.2 Å². The summed E-state index contributed by atoms with van der Waals surface area (Å²) in [6.07, 6.45) is 1.60. The van der Waals surface area contributed by atoms with E-state index in [-0.39, 0.29) is 11.7 Å². The Morgan fingerprint density at radius 1 is 1.03 bits per heavy atom. The van der Waals surface area contributed by atoms with E-state index < -0.39 is 0 Å². The minimum atomic E-state index is -0.181. The summed E-state index contributed by atoms with van der Waals surface area (Å²) in [4.78, 5) is 17.5. The van der Waals surface area contributed by atoms with Crippen molar-refractivity contribution < 1.29 is 13.9 Å². The van der Waals surface area contributed by atoms with Crippen LogP contribution in [0.4, 0.5) is 5.13 Å². The Hall–Kier alpha value is -4.41. The van der Waals surface area contributed by atoms with Crippen LogP contribution in [-0.2, 0) is 4.79 Å². The number of anilines is 1. The van der Waals surface area contributed by atoms with Crippen LogP contribution in [0, 0.1) is 0 Å². The molecule has 10 heteroatoms. The Kier molecular flexibility index (Phi) is 7.11. The molecule has 6 rings (SSSR count). The van der Waals surface area contributed by atoms with Gasteiger partial charge in [0.1, 0.15) is 5.75 Å². The van der Waals surface area contributed by atoms with Crippen LogP contribution in [0.15, 0.2) is 100 Å². The molecule has 0 atom stereocenters. The van der Waals surface area contributed by atoms with Crippen molar-refractivity contribution in [1.82, 2.24) is 19.7 Å². The van der Waals surface area contributed by atoms with Gasteiger partial charge in [-0.15, -0.1) is 21.5 Å². The first-order valence-electron chi connectivity index (χ1n) is 12.3. The van der Waals surface area contributed by atoms with E-state index in [0.717, 1.165) is 33.5 Å². The van der Waals surface area contributed by atoms with Crippen molar-refractivity contribution in [1.29, 1.82) is 0 Å². The summed E-state index contributed by atoms with van der Waals surface area (Å²) in [6, 6.07) is 25.6. The average Bonchev–Trinajstić information content (AvgIpc) is 3.74. The monoisotopic (exact) mass is 553 g/mol. The van der Waals surface area contributed by atoms with E-state index in [2.05, 4.69) is 38.7 Å². The normalized spacial score (nSPS) is 11.1. The van der Waals surface area contributed by atoms with Crippen molar-refractivity contribution >= 4 is 44.9 Å². The van der Waals surface area contributed by atoms with Crippen molar-refractivity contribution in [3.63, 3.8) is 0 Å². The number of ether oxygens (including phenoxy) is 1. The zero-order valence-corrected chi connectivity index (χ0v) is 22.5. The second-order valence-corrected chi connectivity index (χ2v) is 10.2. The summed E-state index contributed by atoms with van der Waals surface area (Å²) in [7, 11) is 0. The number of furan rings is 1. The number of rotatable bonds is 9. The molecular formula is C29H23N5O3S2. The van der Waals surface area contributed by atoms with Crippen LogP contribution in [0.25, 0.3) is 39.3 Å². The molecule has 0 unspecified atom stereocenters. The second-order valence-electron chi connectivity index (χ2n) is 8.45. The highest BCUT2D eigenvalue weighted by Crippen LogP contribution is 2.32. The van der Waals surface area contributed by atoms with E-state index >= 15 is 0 Å². The Morgan fingerprint density at radius 2 is 1.87 bits per heavy atom. The summed E-state index contributed by atoms with van der Waals surface area (Å²) >= 11 is 2.69. The summed E-state index contributed by atoms with van der Waals surface area (Å²) < 4.78 is 13.1. The van der Waals surface area contributed by atoms with Crippen molar-refractivity contribution in [3.8, 4) is 34.3 Å². The van der Waals surface area contributed by atoms with Crippen molar-refractivity contribution in [3.05, 3.63) is 90.5 Å². The van der Waals surface area contributed by atoms with Gasteiger partial charge in [0.2, 0.25) is 11.7 Å². The minimum Gasteiger partial charge on any atom is -0.494 e. The molecule has 3 heterocycles. The van der Waals surface area contributed by atoms with Crippen LogP contribution < -0.4 is 10.1 Å². The average molecular weight is 554 g/mol. The molecular weight excluding hydrogens is 530 g/mol. The molecule has 6 aromatic rings. The molecule has 0 saturated heterocycles. The van der Waals surface area contributed by atoms with Crippen LogP contribution in [-0.4, -0.2) is 38.0 Å². The molecule has 1 N–H and O–H groups in total. The number of hydrogen-bond acceptors (Lipinski definition) is 8. The van der Waals surface area contributed by atoms with Gasteiger partial charge in [0.05, 0.1) is 30.0 Å². The number of nitrogens with zero attached hydrogens (tertiary/aromatic N) is 4. The molecule has 3 aromatic heterocycles. The lowest BCUT2D eigenvalue weighted by Gasteiger charge is -2.12. The highest BCUT2D eigenvalue weighted by atomic mass is 32.2. The molecule has 1 amide bonds. The van der Waals surface area contributed by atoms with E-state index in [1.54, 1.807) is 6.26 Å². The predicted molar refractivity (Wildman–Crippen MR) is 155 cm³/mol. The van der Waals surface area contributed by atoms with Crippen molar-refractivity contribution in [2.45, 2.75) is 12.1 Å². The fraction of sp³-hybridized carbons (Fsp3) is 0.103. The number of hydrogen-bond donors (Lipinski definition) is 1. The van der Waals surface area contributed by atoms with Crippen LogP contribution in [0.5, 0.6) is 5.75 Å². The standard InChI is InChI=1S/C29H23N5O3S2/c1-2-36-21-14-12-20(13-15-21)23-17-38-28(30-23)31-26(35)18-39-29-33-32-27(25-11-6-16-37-25)34(29)24-10-5-8-19-7-3-4-9-22(19)24/h3-17H,2,18H2,1H3,(H,30,31,35). The van der Waals surface area contributed by atoms with E-state index in [4.69, 9.17) is 9.15 Å². The van der Waals surface area contributed by atoms with Gasteiger partial charge < -0.3 is 14.5 Å². The van der Waals surface area contributed by atoms with Crippen LogP contribution in [0.1, 0.15) is 6.92 Å². The summed E-state index contributed by atoms with van der Waals surface area (Å²) in [5.41, 5.74) is 2.66. The van der Waals surface area contributed by atoms with Gasteiger partial charge in [0.25, 0.3) is 0 Å². The third-order valence-electron chi connectivity index (χ3n) is 5.93. The van der Waals surface area contributed by atoms with E-state index in [9.17, 15) is 4.79 Å². The molecule has 0 bridgehead atoms. The molecule has 0 radical (unpaired) electrons. The van der Waals surface area contributed by atoms with Crippen LogP contribution in [0.2, 0.25) is 0 Å². The minimum absolute atomic E-state index is 0.138. The molecule has 0 aliphatic carbocycles. The maximum atomic E-state index is 12.9. The van der Waals surface area contributed by atoms with Gasteiger partial charge >= 0.3 is 0 Å². The first-order valence-corrected chi connectivity index (χ1v) is 14.1. The Bertz CT molecular complexity index is 1720. The Labute approximate surface area is 232 Å². The van der Waals surface area contributed by atoms with Gasteiger partial charge in [-0.3, -0.25) is 9.36 Å². The summed E-state index contributed by atoms with van der Waals surface area (Å²) in [5.74, 6) is 1.93. The molecule has 3 aromatic carbocycles. The number of amides is 1. The van der Waals surface area contributed by atoms with E-state index in [1.165, 1.54) is 23.1 Å². The zero-order valence-electron chi connectivity index (χ0n) is 20.9. The van der Waals surface area contributed by atoms with Crippen molar-refractivity contribution in [2.24, 2.45) is 0 Å². The predicted octanol–water partition coefficient (Wildman–Crippen LogP) is 6.93. The first-order chi connectivity index (χ1) is 19.2. The fourth-order valence-electron chi connectivity index (χ4n) is 4.19. The number of fused-ring (bicyclic) bond motifs is 1. The Morgan fingerprint density at radius 3 is 2.69 bits per heavy atom. The highest BCUT2D eigenvalue weighted by Gasteiger charge is 2.20. The number of carbonyl (C=O) groups is 1. The van der Waals surface area contributed by atoms with Gasteiger partial charge in [0, 0.05) is 16.3 Å². The quantitative estimate of drug-likeness (QED) is 0.194. The third-order valence-corrected chi connectivity index (χ3v) is 7.61. The maximum absolute atomic E-state index is 12.9. The van der Waals surface area contributed by atoms with E-state index in [0.29, 0.717) is 28.5 Å². The van der Waals surface area contributed by atoms with Gasteiger partial charge in [-0.05, 0) is 54.8 Å². The lowest BCUT2D eigenvalue weighted by molar-refractivity contribution is -0.113. The lowest BCUT2D eigenvalue weighted by atomic mass is 10.1. The highest BCUT2D eigenvalue weighted by molar-refractivity contribution is 7.99. The zero-order chi connectivity index (χ0) is 26.6. The van der Waals surface area contributed by atoms with Gasteiger partial charge in [0.15, 0.2) is 16.0 Å². The lowest BCUT2D eigenvalue weighted by Crippen LogP contribution is -2.14. The molecule has 0 fully saturated rings. The molecule has 0 aliphatic heterocycles. The fourth-order valence-corrected chi connectivity index (χ4v) is 5.67. The second kappa shape index (κ2) is 11.1. The summed E-state index contributed by atoms with van der Waals surface area (Å²) in [5, 5.41) is 16.9. The third kappa shape index (κ3) is 5.29. The number of thioether (sulfide) groups is 1. The van der Waals surface area contributed by atoms with E-state index in [1.807, 2.05) is 77.5 Å². The number of carbonyl (C=O) groups excluding carboxylic acids is 1. The molecule has 194 valence electrons. The number of benzene rings is 3. The van der Waals surface area contributed by atoms with Crippen molar-refractivity contribution in [2.75, 3.05) is 17.7 Å².